The molecule has 0 saturated heterocycles. The van der Waals surface area contributed by atoms with Gasteiger partial charge in [0.2, 0.25) is 5.78 Å². The zero-order valence-corrected chi connectivity index (χ0v) is 14.1. The van der Waals surface area contributed by atoms with Crippen LogP contribution in [0.2, 0.25) is 0 Å². The van der Waals surface area contributed by atoms with Gasteiger partial charge in [0.1, 0.15) is 5.75 Å². The van der Waals surface area contributed by atoms with E-state index in [9.17, 15) is 31.5 Å². The second-order valence-electron chi connectivity index (χ2n) is 5.55. The number of allylic oxidation sites excluding steroid dienone is 2. The number of hydrazine groups is 1. The number of carbonyl (C=O) groups is 2. The van der Waals surface area contributed by atoms with Crippen LogP contribution in [-0.2, 0) is 9.59 Å². The number of amides is 1. The van der Waals surface area contributed by atoms with E-state index in [1.165, 1.54) is 0 Å². The minimum atomic E-state index is -6.00. The lowest BCUT2D eigenvalue weighted by molar-refractivity contribution is -0.266. The van der Waals surface area contributed by atoms with Crippen molar-refractivity contribution in [2.45, 2.75) is 32.9 Å². The van der Waals surface area contributed by atoms with E-state index >= 15 is 0 Å². The van der Waals surface area contributed by atoms with Crippen molar-refractivity contribution in [3.63, 3.8) is 0 Å². The van der Waals surface area contributed by atoms with Crippen LogP contribution in [0.3, 0.4) is 0 Å². The van der Waals surface area contributed by atoms with E-state index in [0.717, 1.165) is 18.1 Å². The van der Waals surface area contributed by atoms with Crippen LogP contribution in [-0.4, -0.2) is 30.4 Å². The number of hydrogen-bond donors (Lipinski definition) is 2. The quantitative estimate of drug-likeness (QED) is 0.434. The molecule has 0 aliphatic rings. The fraction of sp³-hybridized carbons (Fsp3) is 0.375. The Labute approximate surface area is 146 Å². The van der Waals surface area contributed by atoms with Crippen LogP contribution >= 0.6 is 0 Å². The first-order valence-corrected chi connectivity index (χ1v) is 7.26. The second kappa shape index (κ2) is 8.15. The van der Waals surface area contributed by atoms with E-state index in [0.29, 0.717) is 5.75 Å². The van der Waals surface area contributed by atoms with E-state index in [1.807, 2.05) is 25.3 Å². The van der Waals surface area contributed by atoms with E-state index in [-0.39, 0.29) is 6.08 Å². The summed E-state index contributed by atoms with van der Waals surface area (Å²) in [4.78, 5) is 22.6. The summed E-state index contributed by atoms with van der Waals surface area (Å²) < 4.78 is 67.0. The van der Waals surface area contributed by atoms with Gasteiger partial charge in [0.25, 0.3) is 5.91 Å². The van der Waals surface area contributed by atoms with Crippen LogP contribution in [0.5, 0.6) is 5.75 Å². The maximum atomic E-state index is 12.8. The van der Waals surface area contributed by atoms with Crippen molar-refractivity contribution in [3.8, 4) is 5.75 Å². The third-order valence-corrected chi connectivity index (χ3v) is 2.98. The molecule has 0 atom stereocenters. The number of nitrogens with one attached hydrogen (secondary N) is 2. The summed E-state index contributed by atoms with van der Waals surface area (Å²) in [5.74, 6) is -8.25. The lowest BCUT2D eigenvalue weighted by Crippen LogP contribution is -2.44. The Balaban J connectivity index is 2.55. The molecule has 0 saturated carbocycles. The second-order valence-corrected chi connectivity index (χ2v) is 5.55. The molecular weight excluding hydrogens is 363 g/mol. The topological polar surface area (TPSA) is 67.4 Å². The number of rotatable bonds is 7. The highest BCUT2D eigenvalue weighted by atomic mass is 19.4. The number of hydrogen-bond acceptors (Lipinski definition) is 4. The van der Waals surface area contributed by atoms with Gasteiger partial charge in [-0.3, -0.25) is 15.0 Å². The molecule has 26 heavy (non-hydrogen) atoms. The van der Waals surface area contributed by atoms with Gasteiger partial charge >= 0.3 is 12.1 Å². The maximum absolute atomic E-state index is 12.8. The molecule has 1 amide bonds. The lowest BCUT2D eigenvalue weighted by Gasteiger charge is -2.17. The summed E-state index contributed by atoms with van der Waals surface area (Å²) in [6.45, 7) is 4.28. The number of carbonyl (C=O) groups excluding carboxylic acids is 2. The molecule has 0 aromatic heterocycles. The van der Waals surface area contributed by atoms with Crippen molar-refractivity contribution in [2.24, 2.45) is 0 Å². The van der Waals surface area contributed by atoms with Crippen LogP contribution in [0.15, 0.2) is 30.0 Å². The molecule has 0 heterocycles. The number of benzene rings is 1. The summed E-state index contributed by atoms with van der Waals surface area (Å²) in [5, 5.41) is 0. The van der Waals surface area contributed by atoms with E-state index in [1.54, 1.807) is 12.1 Å². The number of ketones is 1. The van der Waals surface area contributed by atoms with Crippen molar-refractivity contribution in [1.82, 2.24) is 10.9 Å². The molecule has 1 aromatic rings. The first kappa shape index (κ1) is 21.4. The predicted molar refractivity (Wildman–Crippen MR) is 82.5 cm³/mol. The maximum Gasteiger partial charge on any atom is 0.461 e. The molecule has 0 aliphatic heterocycles. The Bertz CT molecular complexity index is 694. The highest BCUT2D eigenvalue weighted by molar-refractivity contribution is 5.96. The van der Waals surface area contributed by atoms with Crippen molar-refractivity contribution in [1.29, 1.82) is 0 Å². The van der Waals surface area contributed by atoms with Gasteiger partial charge in [-0.25, -0.2) is 0 Å². The van der Waals surface area contributed by atoms with Crippen molar-refractivity contribution in [2.75, 3.05) is 6.61 Å². The smallest absolute Gasteiger partial charge is 0.461 e. The Hall–Kier alpha value is -2.65. The van der Waals surface area contributed by atoms with Gasteiger partial charge in [0, 0.05) is 11.8 Å². The Kier molecular flexibility index (Phi) is 6.71. The zero-order chi connectivity index (χ0) is 20.1. The molecular formula is C16H17F5N2O3. The van der Waals surface area contributed by atoms with Crippen LogP contribution in [0.25, 0.3) is 0 Å². The molecule has 5 nitrogen and oxygen atoms in total. The fourth-order valence-electron chi connectivity index (χ4n) is 1.83. The Morgan fingerprint density at radius 3 is 2.08 bits per heavy atom. The molecule has 0 unspecified atom stereocenters. The number of halogens is 5. The molecule has 144 valence electrons. The van der Waals surface area contributed by atoms with Crippen molar-refractivity contribution >= 4 is 11.7 Å². The third-order valence-electron chi connectivity index (χ3n) is 2.98. The van der Waals surface area contributed by atoms with Gasteiger partial charge < -0.3 is 10.2 Å². The van der Waals surface area contributed by atoms with Gasteiger partial charge in [0.15, 0.2) is 6.61 Å². The van der Waals surface area contributed by atoms with Gasteiger partial charge in [-0.2, -0.15) is 22.0 Å². The van der Waals surface area contributed by atoms with Gasteiger partial charge in [-0.1, -0.05) is 6.07 Å². The fourth-order valence-corrected chi connectivity index (χ4v) is 1.83. The average molecular weight is 380 g/mol. The van der Waals surface area contributed by atoms with Crippen LogP contribution in [0.4, 0.5) is 22.0 Å². The molecule has 0 aliphatic carbocycles. The normalized spacial score (nSPS) is 12.5. The Morgan fingerprint density at radius 2 is 1.58 bits per heavy atom. The summed E-state index contributed by atoms with van der Waals surface area (Å²) >= 11 is 0. The number of alkyl halides is 5. The van der Waals surface area contributed by atoms with E-state index < -0.39 is 36.1 Å². The SMILES string of the molecule is C/C(=C\C(=O)C(F)(F)C(F)(F)F)NNC(=O)COc1cc(C)cc(C)c1. The monoisotopic (exact) mass is 380 g/mol. The lowest BCUT2D eigenvalue weighted by atomic mass is 10.1. The highest BCUT2D eigenvalue weighted by Crippen LogP contribution is 2.36. The van der Waals surface area contributed by atoms with Crippen LogP contribution in [0, 0.1) is 13.8 Å². The minimum absolute atomic E-state index is 0.0541. The molecule has 2 N–H and O–H groups in total. The first-order chi connectivity index (χ1) is 11.8. The van der Waals surface area contributed by atoms with E-state index in [4.69, 9.17) is 4.74 Å². The van der Waals surface area contributed by atoms with Crippen LogP contribution < -0.4 is 15.6 Å². The zero-order valence-electron chi connectivity index (χ0n) is 14.1. The number of ether oxygens (including phenoxy) is 1. The third kappa shape index (κ3) is 6.01. The van der Waals surface area contributed by atoms with Crippen LogP contribution in [0.1, 0.15) is 18.1 Å². The first-order valence-electron chi connectivity index (χ1n) is 7.26. The van der Waals surface area contributed by atoms with E-state index in [2.05, 4.69) is 5.43 Å². The molecule has 0 radical (unpaired) electrons. The standard InChI is InChI=1S/C16H17F5N2O3/c1-9-4-10(2)6-12(5-9)26-8-14(25)23-22-11(3)7-13(24)15(17,18)16(19,20)21/h4-7,22H,8H2,1-3H3,(H,23,25)/b11-7+. The van der Waals surface area contributed by atoms with Gasteiger partial charge in [0.05, 0.1) is 0 Å². The molecule has 1 aromatic carbocycles. The van der Waals surface area contributed by atoms with Gasteiger partial charge in [-0.15, -0.1) is 0 Å². The van der Waals surface area contributed by atoms with Gasteiger partial charge in [-0.05, 0) is 44.0 Å². The molecule has 0 spiro atoms. The molecule has 0 bridgehead atoms. The summed E-state index contributed by atoms with van der Waals surface area (Å²) in [7, 11) is 0. The summed E-state index contributed by atoms with van der Waals surface area (Å²) in [6.07, 6.45) is -5.94. The largest absolute Gasteiger partial charge is 0.484 e. The molecule has 10 heteroatoms. The van der Waals surface area contributed by atoms with Crippen molar-refractivity contribution < 1.29 is 36.3 Å². The molecule has 1 rings (SSSR count). The van der Waals surface area contributed by atoms with Crippen molar-refractivity contribution in [3.05, 3.63) is 41.1 Å². The minimum Gasteiger partial charge on any atom is -0.484 e. The summed E-state index contributed by atoms with van der Waals surface area (Å²) in [5.41, 5.74) is 5.50. The number of aryl methyl sites for hydroxylation is 2. The predicted octanol–water partition coefficient (Wildman–Crippen LogP) is 2.97. The molecule has 0 fully saturated rings. The Morgan fingerprint density at radius 1 is 1.04 bits per heavy atom. The highest BCUT2D eigenvalue weighted by Gasteiger charge is 2.62. The summed E-state index contributed by atoms with van der Waals surface area (Å²) in [6, 6.07) is 5.28. The average Bonchev–Trinajstić information content (AvgIpc) is 2.48.